The topological polar surface area (TPSA) is 59.2 Å². The van der Waals surface area contributed by atoms with Crippen LogP contribution < -0.4 is 5.73 Å². The molecule has 2 heterocycles. The third-order valence-corrected chi connectivity index (χ3v) is 4.65. The number of amides is 1. The van der Waals surface area contributed by atoms with Crippen LogP contribution in [0.4, 0.5) is 5.82 Å². The summed E-state index contributed by atoms with van der Waals surface area (Å²) in [5.41, 5.74) is 6.41. The van der Waals surface area contributed by atoms with Gasteiger partial charge >= 0.3 is 0 Å². The minimum absolute atomic E-state index is 0.0383. The van der Waals surface area contributed by atoms with E-state index in [4.69, 9.17) is 17.3 Å². The molecule has 1 saturated heterocycles. The van der Waals surface area contributed by atoms with Crippen LogP contribution in [0.15, 0.2) is 12.3 Å². The van der Waals surface area contributed by atoms with E-state index in [1.165, 1.54) is 12.6 Å². The van der Waals surface area contributed by atoms with Gasteiger partial charge in [-0.05, 0) is 36.7 Å². The third kappa shape index (κ3) is 3.88. The normalized spacial score (nSPS) is 20.2. The number of nitrogen functional groups attached to an aromatic ring is 1. The summed E-state index contributed by atoms with van der Waals surface area (Å²) in [6, 6.07) is 1.57. The number of aromatic nitrogens is 1. The van der Waals surface area contributed by atoms with Crippen molar-refractivity contribution < 1.29 is 4.79 Å². The Labute approximate surface area is 131 Å². The zero-order chi connectivity index (χ0) is 15.6. The zero-order valence-corrected chi connectivity index (χ0v) is 13.8. The van der Waals surface area contributed by atoms with Crippen molar-refractivity contribution in [3.8, 4) is 0 Å². The van der Waals surface area contributed by atoms with Gasteiger partial charge in [0.2, 0.25) is 0 Å². The van der Waals surface area contributed by atoms with Crippen molar-refractivity contribution in [2.45, 2.75) is 40.0 Å². The number of carbonyl (C=O) groups is 1. The monoisotopic (exact) mass is 309 g/mol. The number of halogens is 1. The summed E-state index contributed by atoms with van der Waals surface area (Å²) in [7, 11) is 0. The second-order valence-electron chi connectivity index (χ2n) is 6.88. The van der Waals surface area contributed by atoms with E-state index >= 15 is 0 Å². The maximum absolute atomic E-state index is 12.6. The first-order valence-corrected chi connectivity index (χ1v) is 7.87. The van der Waals surface area contributed by atoms with Crippen LogP contribution in [0.25, 0.3) is 0 Å². The maximum Gasteiger partial charge on any atom is 0.255 e. The Bertz CT molecular complexity index is 525. The summed E-state index contributed by atoms with van der Waals surface area (Å²) in [4.78, 5) is 18.4. The first kappa shape index (κ1) is 16.1. The molecule has 0 aliphatic carbocycles. The fraction of sp³-hybridized carbons (Fsp3) is 0.625. The molecule has 2 rings (SSSR count). The zero-order valence-electron chi connectivity index (χ0n) is 13.0. The van der Waals surface area contributed by atoms with Gasteiger partial charge in [0.05, 0.1) is 10.6 Å². The molecule has 1 fully saturated rings. The molecule has 1 unspecified atom stereocenters. The predicted molar refractivity (Wildman–Crippen MR) is 86.4 cm³/mol. The number of nitrogens with zero attached hydrogens (tertiary/aromatic N) is 2. The number of likely N-dealkylation sites (tertiary alicyclic amines) is 1. The van der Waals surface area contributed by atoms with Crippen LogP contribution >= 0.6 is 11.6 Å². The van der Waals surface area contributed by atoms with Crippen molar-refractivity contribution in [1.82, 2.24) is 9.88 Å². The molecule has 116 valence electrons. The fourth-order valence-electron chi connectivity index (χ4n) is 2.95. The Morgan fingerprint density at radius 3 is 2.76 bits per heavy atom. The molecule has 0 radical (unpaired) electrons. The third-order valence-electron chi connectivity index (χ3n) is 4.35. The molecule has 0 aromatic carbocycles. The number of hydrogen-bond acceptors (Lipinski definition) is 3. The van der Waals surface area contributed by atoms with E-state index in [9.17, 15) is 4.79 Å². The molecule has 1 aliphatic heterocycles. The maximum atomic E-state index is 12.6. The van der Waals surface area contributed by atoms with E-state index in [2.05, 4.69) is 25.8 Å². The summed E-state index contributed by atoms with van der Waals surface area (Å²) in [6.45, 7) is 8.38. The summed E-state index contributed by atoms with van der Waals surface area (Å²) < 4.78 is 0. The largest absolute Gasteiger partial charge is 0.384 e. The molecule has 21 heavy (non-hydrogen) atoms. The molecule has 5 heteroatoms. The number of hydrogen-bond donors (Lipinski definition) is 1. The Morgan fingerprint density at radius 2 is 2.10 bits per heavy atom. The average Bonchev–Trinajstić information content (AvgIpc) is 2.66. The molecule has 0 bridgehead atoms. The average molecular weight is 310 g/mol. The quantitative estimate of drug-likeness (QED) is 0.862. The van der Waals surface area contributed by atoms with Gasteiger partial charge in [-0.3, -0.25) is 4.79 Å². The highest BCUT2D eigenvalue weighted by molar-refractivity contribution is 6.33. The number of anilines is 1. The second kappa shape index (κ2) is 6.22. The molecule has 1 aromatic heterocycles. The molecular weight excluding hydrogens is 286 g/mol. The summed E-state index contributed by atoms with van der Waals surface area (Å²) in [5.74, 6) is 0.932. The number of carbonyl (C=O) groups excluding carboxylic acids is 1. The highest BCUT2D eigenvalue weighted by Crippen LogP contribution is 2.34. The molecule has 1 aliphatic rings. The van der Waals surface area contributed by atoms with Gasteiger partial charge in [0, 0.05) is 19.3 Å². The van der Waals surface area contributed by atoms with E-state index in [0.717, 1.165) is 25.9 Å². The van der Waals surface area contributed by atoms with Gasteiger partial charge in [-0.1, -0.05) is 32.4 Å². The second-order valence-corrected chi connectivity index (χ2v) is 7.28. The van der Waals surface area contributed by atoms with Crippen molar-refractivity contribution in [3.05, 3.63) is 22.8 Å². The van der Waals surface area contributed by atoms with Gasteiger partial charge in [0.25, 0.3) is 5.91 Å². The SMILES string of the molecule is CC(C)(C)C1CCCN(C(=O)c2cc(N)ncc2Cl)CC1. The van der Waals surface area contributed by atoms with Crippen LogP contribution in [0.5, 0.6) is 0 Å². The Balaban J connectivity index is 2.12. The Kier molecular flexibility index (Phi) is 4.77. The lowest BCUT2D eigenvalue weighted by atomic mass is 9.77. The molecule has 1 aromatic rings. The Morgan fingerprint density at radius 1 is 1.38 bits per heavy atom. The van der Waals surface area contributed by atoms with Gasteiger partial charge < -0.3 is 10.6 Å². The van der Waals surface area contributed by atoms with E-state index in [-0.39, 0.29) is 11.3 Å². The molecule has 4 nitrogen and oxygen atoms in total. The van der Waals surface area contributed by atoms with Gasteiger partial charge in [0.15, 0.2) is 0 Å². The highest BCUT2D eigenvalue weighted by atomic mass is 35.5. The molecule has 1 amide bonds. The van der Waals surface area contributed by atoms with Crippen molar-refractivity contribution in [2.75, 3.05) is 18.8 Å². The summed E-state index contributed by atoms with van der Waals surface area (Å²) in [6.07, 6.45) is 4.68. The number of pyridine rings is 1. The fourth-order valence-corrected chi connectivity index (χ4v) is 3.14. The van der Waals surface area contributed by atoms with Crippen molar-refractivity contribution in [1.29, 1.82) is 0 Å². The smallest absolute Gasteiger partial charge is 0.255 e. The van der Waals surface area contributed by atoms with E-state index in [1.807, 2.05) is 4.90 Å². The lowest BCUT2D eigenvalue weighted by Crippen LogP contribution is -2.32. The van der Waals surface area contributed by atoms with E-state index in [0.29, 0.717) is 22.3 Å². The first-order chi connectivity index (χ1) is 9.79. The van der Waals surface area contributed by atoms with Crippen molar-refractivity contribution in [3.63, 3.8) is 0 Å². The first-order valence-electron chi connectivity index (χ1n) is 7.49. The van der Waals surface area contributed by atoms with E-state index in [1.54, 1.807) is 6.07 Å². The molecule has 2 N–H and O–H groups in total. The minimum Gasteiger partial charge on any atom is -0.384 e. The van der Waals surface area contributed by atoms with Gasteiger partial charge in [0.1, 0.15) is 5.82 Å². The summed E-state index contributed by atoms with van der Waals surface area (Å²) >= 11 is 6.09. The lowest BCUT2D eigenvalue weighted by molar-refractivity contribution is 0.0755. The molecule has 0 saturated carbocycles. The minimum atomic E-state index is -0.0383. The number of rotatable bonds is 1. The highest BCUT2D eigenvalue weighted by Gasteiger charge is 2.29. The van der Waals surface area contributed by atoms with E-state index < -0.39 is 0 Å². The number of nitrogens with two attached hydrogens (primary N) is 1. The van der Waals surface area contributed by atoms with Gasteiger partial charge in [-0.25, -0.2) is 4.98 Å². The van der Waals surface area contributed by atoms with Crippen LogP contribution in [-0.4, -0.2) is 28.9 Å². The van der Waals surface area contributed by atoms with Gasteiger partial charge in [-0.2, -0.15) is 0 Å². The standard InChI is InChI=1S/C16H24ClN3O/c1-16(2,3)11-5-4-7-20(8-6-11)15(21)12-9-14(18)19-10-13(12)17/h9-11H,4-8H2,1-3H3,(H2,18,19). The van der Waals surface area contributed by atoms with Crippen LogP contribution in [0.2, 0.25) is 5.02 Å². The van der Waals surface area contributed by atoms with Crippen LogP contribution in [0, 0.1) is 11.3 Å². The lowest BCUT2D eigenvalue weighted by Gasteiger charge is -2.29. The van der Waals surface area contributed by atoms with Crippen LogP contribution in [0.3, 0.4) is 0 Å². The predicted octanol–water partition coefficient (Wildman–Crippen LogP) is 3.61. The van der Waals surface area contributed by atoms with Crippen molar-refractivity contribution >= 4 is 23.3 Å². The molecule has 1 atom stereocenters. The van der Waals surface area contributed by atoms with Crippen molar-refractivity contribution in [2.24, 2.45) is 11.3 Å². The molecule has 0 spiro atoms. The Hall–Kier alpha value is -1.29. The van der Waals surface area contributed by atoms with Gasteiger partial charge in [-0.15, -0.1) is 0 Å². The summed E-state index contributed by atoms with van der Waals surface area (Å²) in [5, 5.41) is 0.366. The van der Waals surface area contributed by atoms with Crippen LogP contribution in [0.1, 0.15) is 50.4 Å². The van der Waals surface area contributed by atoms with Crippen LogP contribution in [-0.2, 0) is 0 Å². The molecular formula is C16H24ClN3O.